The fourth-order valence-corrected chi connectivity index (χ4v) is 3.49. The number of hydrogen-bond donors (Lipinski definition) is 1. The summed E-state index contributed by atoms with van der Waals surface area (Å²) in [5, 5.41) is 4.24. The highest BCUT2D eigenvalue weighted by atomic mass is 35.5. The van der Waals surface area contributed by atoms with Gasteiger partial charge in [-0.3, -0.25) is 0 Å². The Morgan fingerprint density at radius 3 is 2.95 bits per heavy atom. The summed E-state index contributed by atoms with van der Waals surface area (Å²) in [6, 6.07) is 4.01. The van der Waals surface area contributed by atoms with Crippen molar-refractivity contribution in [3.05, 3.63) is 28.3 Å². The molecule has 0 atom stereocenters. The van der Waals surface area contributed by atoms with Gasteiger partial charge in [-0.05, 0) is 30.5 Å². The molecule has 1 aliphatic carbocycles. The number of ether oxygens (including phenoxy) is 2. The van der Waals surface area contributed by atoms with Crippen molar-refractivity contribution in [1.29, 1.82) is 0 Å². The number of halogens is 1. The van der Waals surface area contributed by atoms with Crippen LogP contribution in [0.5, 0.6) is 5.75 Å². The Balaban J connectivity index is 1.41. The quantitative estimate of drug-likeness (QED) is 0.813. The van der Waals surface area contributed by atoms with Crippen LogP contribution in [0.2, 0.25) is 5.02 Å². The summed E-state index contributed by atoms with van der Waals surface area (Å²) in [7, 11) is 0. The summed E-state index contributed by atoms with van der Waals surface area (Å²) < 4.78 is 11.6. The molecule has 2 aliphatic rings. The van der Waals surface area contributed by atoms with Gasteiger partial charge in [0.25, 0.3) is 0 Å². The Morgan fingerprint density at radius 2 is 2.10 bits per heavy atom. The summed E-state index contributed by atoms with van der Waals surface area (Å²) in [5.41, 5.74) is 2.39. The molecular weight excluding hydrogens is 286 g/mol. The molecule has 0 spiro atoms. The molecular formula is C17H24ClNO2. The van der Waals surface area contributed by atoms with Gasteiger partial charge in [-0.2, -0.15) is 0 Å². The van der Waals surface area contributed by atoms with Crippen LogP contribution in [0.25, 0.3) is 0 Å². The average Bonchev–Trinajstić information content (AvgIpc) is 2.96. The Labute approximate surface area is 132 Å². The van der Waals surface area contributed by atoms with E-state index in [1.165, 1.54) is 37.7 Å². The first-order valence-corrected chi connectivity index (χ1v) is 8.47. The molecule has 0 unspecified atom stereocenters. The van der Waals surface area contributed by atoms with E-state index < -0.39 is 0 Å². The van der Waals surface area contributed by atoms with Crippen LogP contribution >= 0.6 is 11.6 Å². The fourth-order valence-electron chi connectivity index (χ4n) is 3.23. The van der Waals surface area contributed by atoms with Gasteiger partial charge in [-0.25, -0.2) is 0 Å². The van der Waals surface area contributed by atoms with Gasteiger partial charge in [0, 0.05) is 30.1 Å². The van der Waals surface area contributed by atoms with Crippen molar-refractivity contribution in [2.75, 3.05) is 19.8 Å². The van der Waals surface area contributed by atoms with Gasteiger partial charge in [0.15, 0.2) is 0 Å². The zero-order chi connectivity index (χ0) is 14.5. The topological polar surface area (TPSA) is 30.5 Å². The van der Waals surface area contributed by atoms with Gasteiger partial charge in [0.2, 0.25) is 0 Å². The molecule has 1 fully saturated rings. The first-order valence-electron chi connectivity index (χ1n) is 8.09. The fraction of sp³-hybridized carbons (Fsp3) is 0.647. The molecule has 1 N–H and O–H groups in total. The van der Waals surface area contributed by atoms with Crippen molar-refractivity contribution in [2.24, 2.45) is 0 Å². The molecule has 4 heteroatoms. The third-order valence-electron chi connectivity index (χ3n) is 4.33. The van der Waals surface area contributed by atoms with E-state index in [0.717, 1.165) is 49.1 Å². The van der Waals surface area contributed by atoms with E-state index in [9.17, 15) is 0 Å². The molecule has 1 aromatic rings. The molecule has 0 saturated heterocycles. The second kappa shape index (κ2) is 7.48. The summed E-state index contributed by atoms with van der Waals surface area (Å²) in [6.45, 7) is 3.22. The molecule has 21 heavy (non-hydrogen) atoms. The lowest BCUT2D eigenvalue weighted by molar-refractivity contribution is 0.0302. The first-order chi connectivity index (χ1) is 10.3. The van der Waals surface area contributed by atoms with Crippen molar-refractivity contribution < 1.29 is 9.47 Å². The summed E-state index contributed by atoms with van der Waals surface area (Å²) >= 11 is 6.16. The summed E-state index contributed by atoms with van der Waals surface area (Å²) in [6.07, 6.45) is 7.93. The maximum atomic E-state index is 6.16. The molecule has 0 radical (unpaired) electrons. The molecule has 0 aromatic heterocycles. The third-order valence-corrected chi connectivity index (χ3v) is 4.54. The number of rotatable bonds is 6. The average molecular weight is 310 g/mol. The van der Waals surface area contributed by atoms with Crippen molar-refractivity contribution in [3.63, 3.8) is 0 Å². The van der Waals surface area contributed by atoms with E-state index in [0.29, 0.717) is 6.10 Å². The maximum Gasteiger partial charge on any atom is 0.127 e. The molecule has 1 heterocycles. The third kappa shape index (κ3) is 4.12. The van der Waals surface area contributed by atoms with Crippen LogP contribution in [-0.2, 0) is 17.7 Å². The van der Waals surface area contributed by atoms with E-state index in [2.05, 4.69) is 5.32 Å². The van der Waals surface area contributed by atoms with E-state index in [-0.39, 0.29) is 0 Å². The molecule has 1 aliphatic heterocycles. The Bertz CT molecular complexity index is 472. The van der Waals surface area contributed by atoms with Crippen LogP contribution in [0.15, 0.2) is 12.1 Å². The van der Waals surface area contributed by atoms with E-state index >= 15 is 0 Å². The lowest BCUT2D eigenvalue weighted by Gasteiger charge is -2.22. The molecule has 1 saturated carbocycles. The van der Waals surface area contributed by atoms with Gasteiger partial charge in [0.05, 0.1) is 19.3 Å². The molecule has 3 nitrogen and oxygen atoms in total. The van der Waals surface area contributed by atoms with Crippen molar-refractivity contribution in [1.82, 2.24) is 5.32 Å². The van der Waals surface area contributed by atoms with Crippen LogP contribution in [0, 0.1) is 0 Å². The Kier molecular flexibility index (Phi) is 5.39. The van der Waals surface area contributed by atoms with Gasteiger partial charge in [-0.1, -0.05) is 30.9 Å². The second-order valence-electron chi connectivity index (χ2n) is 5.96. The smallest absolute Gasteiger partial charge is 0.127 e. The van der Waals surface area contributed by atoms with E-state index in [4.69, 9.17) is 21.1 Å². The van der Waals surface area contributed by atoms with E-state index in [1.807, 2.05) is 12.1 Å². The summed E-state index contributed by atoms with van der Waals surface area (Å²) in [5.74, 6) is 1.03. The standard InChI is InChI=1S/C17H24ClNO2/c18-15-10-13-6-8-21-17(13)14(11-15)12-19-7-9-20-16-4-2-1-3-5-16/h10-11,16,19H,1-9,12H2. The van der Waals surface area contributed by atoms with Crippen molar-refractivity contribution in [3.8, 4) is 5.75 Å². The molecule has 0 bridgehead atoms. The molecule has 3 rings (SSSR count). The number of fused-ring (bicyclic) bond motifs is 1. The highest BCUT2D eigenvalue weighted by Gasteiger charge is 2.17. The van der Waals surface area contributed by atoms with Crippen LogP contribution in [0.1, 0.15) is 43.2 Å². The number of benzene rings is 1. The largest absolute Gasteiger partial charge is 0.493 e. The second-order valence-corrected chi connectivity index (χ2v) is 6.40. The zero-order valence-electron chi connectivity index (χ0n) is 12.5. The number of nitrogens with one attached hydrogen (secondary N) is 1. The predicted molar refractivity (Wildman–Crippen MR) is 85.2 cm³/mol. The minimum Gasteiger partial charge on any atom is -0.493 e. The zero-order valence-corrected chi connectivity index (χ0v) is 13.3. The Morgan fingerprint density at radius 1 is 1.24 bits per heavy atom. The van der Waals surface area contributed by atoms with Crippen LogP contribution in [-0.4, -0.2) is 25.9 Å². The molecule has 116 valence electrons. The maximum absolute atomic E-state index is 6.16. The van der Waals surface area contributed by atoms with Crippen molar-refractivity contribution in [2.45, 2.75) is 51.2 Å². The van der Waals surface area contributed by atoms with Crippen molar-refractivity contribution >= 4 is 11.6 Å². The van der Waals surface area contributed by atoms with E-state index in [1.54, 1.807) is 0 Å². The number of hydrogen-bond acceptors (Lipinski definition) is 3. The summed E-state index contributed by atoms with van der Waals surface area (Å²) in [4.78, 5) is 0. The monoisotopic (exact) mass is 309 g/mol. The van der Waals surface area contributed by atoms with Crippen LogP contribution in [0.3, 0.4) is 0 Å². The molecule has 1 aromatic carbocycles. The van der Waals surface area contributed by atoms with Gasteiger partial charge < -0.3 is 14.8 Å². The SMILES string of the molecule is Clc1cc2c(c(CNCCOC3CCCCC3)c1)OCC2. The van der Waals surface area contributed by atoms with Gasteiger partial charge >= 0.3 is 0 Å². The van der Waals surface area contributed by atoms with Gasteiger partial charge in [-0.15, -0.1) is 0 Å². The van der Waals surface area contributed by atoms with Crippen LogP contribution < -0.4 is 10.1 Å². The first kappa shape index (κ1) is 15.1. The highest BCUT2D eigenvalue weighted by molar-refractivity contribution is 6.30. The minimum atomic E-state index is 0.485. The lowest BCUT2D eigenvalue weighted by Crippen LogP contribution is -2.24. The Hall–Kier alpha value is -0.770. The minimum absolute atomic E-state index is 0.485. The van der Waals surface area contributed by atoms with Crippen LogP contribution in [0.4, 0.5) is 0 Å². The lowest BCUT2D eigenvalue weighted by atomic mass is 9.98. The molecule has 0 amide bonds. The predicted octanol–water partition coefficient (Wildman–Crippen LogP) is 3.71. The normalized spacial score (nSPS) is 18.5. The highest BCUT2D eigenvalue weighted by Crippen LogP contribution is 2.32. The van der Waals surface area contributed by atoms with Gasteiger partial charge in [0.1, 0.15) is 5.75 Å².